The van der Waals surface area contributed by atoms with Gasteiger partial charge in [-0.1, -0.05) is 96.4 Å². The van der Waals surface area contributed by atoms with Crippen LogP contribution in [0, 0.1) is 13.8 Å². The number of nitrogens with one attached hydrogen (secondary N) is 2. The number of rotatable bonds is 15. The van der Waals surface area contributed by atoms with Crippen molar-refractivity contribution in [3.8, 4) is 17.2 Å². The van der Waals surface area contributed by atoms with Crippen molar-refractivity contribution in [1.29, 1.82) is 0 Å². The van der Waals surface area contributed by atoms with Crippen molar-refractivity contribution in [2.45, 2.75) is 46.1 Å². The highest BCUT2D eigenvalue weighted by Gasteiger charge is 2.46. The van der Waals surface area contributed by atoms with Crippen LogP contribution in [0.25, 0.3) is 16.6 Å². The summed E-state index contributed by atoms with van der Waals surface area (Å²) in [6.07, 6.45) is 0.0295. The molecule has 4 amide bonds. The summed E-state index contributed by atoms with van der Waals surface area (Å²) in [5, 5.41) is 6.35. The minimum atomic E-state index is -1.79. The zero-order valence-corrected chi connectivity index (χ0v) is 34.8. The molecular formula is C45H42Cl2N6O7. The first kappa shape index (κ1) is 41.7. The highest BCUT2D eigenvalue weighted by molar-refractivity contribution is 6.38. The van der Waals surface area contributed by atoms with Gasteiger partial charge in [0.25, 0.3) is 17.4 Å². The SMILES string of the molecule is CCC(OCNc1ccc(OC)c(NC(=O)C(c2nc3c(Cl)cc(Cl)cc3c(=O)n2-c2ccccc2)N2C(=O)CN(Cc3ccccc3)C2=O)c1)Oc1ccc(C)cc1C. The Kier molecular flexibility index (Phi) is 12.7. The fraction of sp³-hybridized carbons (Fsp3) is 0.222. The number of carbonyl (C=O) groups is 3. The van der Waals surface area contributed by atoms with E-state index in [1.165, 1.54) is 28.7 Å². The molecule has 0 saturated carbocycles. The summed E-state index contributed by atoms with van der Waals surface area (Å²) < 4.78 is 19.0. The molecule has 2 unspecified atom stereocenters. The van der Waals surface area contributed by atoms with Gasteiger partial charge in [0.1, 0.15) is 30.6 Å². The third kappa shape index (κ3) is 8.93. The number of urea groups is 1. The number of amides is 4. The van der Waals surface area contributed by atoms with Crippen LogP contribution in [0.5, 0.6) is 11.5 Å². The molecular weight excluding hydrogens is 807 g/mol. The number of hydrogen-bond donors (Lipinski definition) is 2. The van der Waals surface area contributed by atoms with Crippen LogP contribution in [0.1, 0.15) is 41.9 Å². The van der Waals surface area contributed by atoms with Crippen molar-refractivity contribution in [3.05, 3.63) is 152 Å². The molecule has 60 heavy (non-hydrogen) atoms. The van der Waals surface area contributed by atoms with E-state index in [9.17, 15) is 19.2 Å². The van der Waals surface area contributed by atoms with Crippen LogP contribution in [-0.2, 0) is 20.9 Å². The van der Waals surface area contributed by atoms with Gasteiger partial charge in [-0.2, -0.15) is 0 Å². The topological polar surface area (TPSA) is 144 Å². The highest BCUT2D eigenvalue weighted by atomic mass is 35.5. The average Bonchev–Trinajstić information content (AvgIpc) is 3.50. The number of anilines is 2. The van der Waals surface area contributed by atoms with Crippen molar-refractivity contribution >= 4 is 63.3 Å². The van der Waals surface area contributed by atoms with Crippen LogP contribution in [0.3, 0.4) is 0 Å². The molecule has 0 spiro atoms. The molecule has 1 saturated heterocycles. The van der Waals surface area contributed by atoms with E-state index in [1.54, 1.807) is 48.5 Å². The predicted octanol–water partition coefficient (Wildman–Crippen LogP) is 8.66. The Hall–Kier alpha value is -6.41. The van der Waals surface area contributed by atoms with Crippen LogP contribution in [0.2, 0.25) is 10.0 Å². The van der Waals surface area contributed by atoms with Gasteiger partial charge in [-0.3, -0.25) is 19.0 Å². The Balaban J connectivity index is 1.26. The Morgan fingerprint density at radius 3 is 2.30 bits per heavy atom. The summed E-state index contributed by atoms with van der Waals surface area (Å²) in [5.41, 5.74) is 3.35. The monoisotopic (exact) mass is 848 g/mol. The molecule has 1 aliphatic rings. The molecule has 0 aliphatic carbocycles. The van der Waals surface area contributed by atoms with E-state index >= 15 is 0 Å². The third-order valence-corrected chi connectivity index (χ3v) is 10.4. The molecule has 13 nitrogen and oxygen atoms in total. The van der Waals surface area contributed by atoms with Gasteiger partial charge in [0.2, 0.25) is 6.29 Å². The quantitative estimate of drug-likeness (QED) is 0.0767. The number of halogens is 2. The van der Waals surface area contributed by atoms with Crippen LogP contribution in [0.4, 0.5) is 16.2 Å². The summed E-state index contributed by atoms with van der Waals surface area (Å²) in [5.74, 6) is -0.786. The number of fused-ring (bicyclic) bond motifs is 1. The van der Waals surface area contributed by atoms with Crippen LogP contribution < -0.4 is 25.7 Å². The molecule has 5 aromatic carbocycles. The Morgan fingerprint density at radius 1 is 0.883 bits per heavy atom. The van der Waals surface area contributed by atoms with Gasteiger partial charge in [-0.25, -0.2) is 14.7 Å². The summed E-state index contributed by atoms with van der Waals surface area (Å²) in [6.45, 7) is 5.76. The Bertz CT molecular complexity index is 2630. The summed E-state index contributed by atoms with van der Waals surface area (Å²) in [6, 6.07) is 28.8. The number of nitrogens with zero attached hydrogens (tertiary/aromatic N) is 4. The van der Waals surface area contributed by atoms with Crippen LogP contribution in [-0.4, -0.2) is 63.9 Å². The summed E-state index contributed by atoms with van der Waals surface area (Å²) >= 11 is 13.0. The standard InChI is InChI=1S/C45H42Cl2N6O7/c1-5-39(60-36-18-16-27(2)20-28(36)3)59-26-48-31-17-19-37(58-4)35(23-31)49-43(55)41(53-38(54)25-51(45(53)57)24-29-12-8-6-9-13-29)42-50-40-33(21-30(46)22-34(40)47)44(56)52(42)32-14-10-7-11-15-32/h6-23,39,41,48H,5,24-26H2,1-4H3,(H,49,55). The Morgan fingerprint density at radius 2 is 1.60 bits per heavy atom. The number of ether oxygens (including phenoxy) is 3. The molecule has 0 bridgehead atoms. The van der Waals surface area contributed by atoms with Gasteiger partial charge in [0.05, 0.1) is 34.4 Å². The lowest BCUT2D eigenvalue weighted by molar-refractivity contribution is -0.132. The molecule has 1 fully saturated rings. The van der Waals surface area contributed by atoms with Gasteiger partial charge in [-0.15, -0.1) is 0 Å². The molecule has 1 aromatic heterocycles. The van der Waals surface area contributed by atoms with Crippen molar-refractivity contribution < 1.29 is 28.6 Å². The number of aryl methyl sites for hydroxylation is 2. The molecule has 0 radical (unpaired) electrons. The molecule has 2 atom stereocenters. The minimum Gasteiger partial charge on any atom is -0.495 e. The van der Waals surface area contributed by atoms with Crippen molar-refractivity contribution in [3.63, 3.8) is 0 Å². The third-order valence-electron chi connectivity index (χ3n) is 9.90. The Labute approximate surface area is 356 Å². The van der Waals surface area contributed by atoms with Crippen molar-refractivity contribution in [1.82, 2.24) is 19.4 Å². The first-order valence-corrected chi connectivity index (χ1v) is 19.9. The van der Waals surface area contributed by atoms with E-state index in [0.29, 0.717) is 17.8 Å². The molecule has 6 aromatic rings. The number of para-hydroxylation sites is 1. The van der Waals surface area contributed by atoms with Gasteiger partial charge in [-0.05, 0) is 73.5 Å². The fourth-order valence-corrected chi connectivity index (χ4v) is 7.52. The first-order valence-electron chi connectivity index (χ1n) is 19.2. The maximum absolute atomic E-state index is 15.0. The molecule has 7 rings (SSSR count). The molecule has 308 valence electrons. The number of imide groups is 1. The number of hydrogen-bond acceptors (Lipinski definition) is 9. The van der Waals surface area contributed by atoms with E-state index in [2.05, 4.69) is 10.6 Å². The second-order valence-electron chi connectivity index (χ2n) is 14.1. The highest BCUT2D eigenvalue weighted by Crippen LogP contribution is 2.34. The number of methoxy groups -OCH3 is 1. The normalized spacial score (nSPS) is 13.7. The van der Waals surface area contributed by atoms with Gasteiger partial charge >= 0.3 is 6.03 Å². The molecule has 1 aliphatic heterocycles. The molecule has 2 N–H and O–H groups in total. The van der Waals surface area contributed by atoms with E-state index in [4.69, 9.17) is 42.4 Å². The zero-order valence-electron chi connectivity index (χ0n) is 33.3. The zero-order chi connectivity index (χ0) is 42.5. The van der Waals surface area contributed by atoms with Crippen molar-refractivity contribution in [2.24, 2.45) is 0 Å². The smallest absolute Gasteiger partial charge is 0.328 e. The van der Waals surface area contributed by atoms with Crippen molar-refractivity contribution in [2.75, 3.05) is 31.0 Å². The number of benzene rings is 5. The second kappa shape index (κ2) is 18.2. The fourth-order valence-electron chi connectivity index (χ4n) is 6.98. The van der Waals surface area contributed by atoms with Crippen LogP contribution >= 0.6 is 23.2 Å². The van der Waals surface area contributed by atoms with Gasteiger partial charge in [0, 0.05) is 23.7 Å². The number of aromatic nitrogens is 2. The second-order valence-corrected chi connectivity index (χ2v) is 15.0. The van der Waals surface area contributed by atoms with E-state index in [-0.39, 0.29) is 58.0 Å². The first-order chi connectivity index (χ1) is 28.9. The number of carbonyl (C=O) groups excluding carboxylic acids is 3. The van der Waals surface area contributed by atoms with E-state index in [0.717, 1.165) is 27.3 Å². The summed E-state index contributed by atoms with van der Waals surface area (Å²) in [4.78, 5) is 64.8. The lowest BCUT2D eigenvalue weighted by Crippen LogP contribution is -2.45. The largest absolute Gasteiger partial charge is 0.495 e. The molecule has 15 heteroatoms. The summed E-state index contributed by atoms with van der Waals surface area (Å²) in [7, 11) is 1.44. The lowest BCUT2D eigenvalue weighted by atomic mass is 10.1. The minimum absolute atomic E-state index is 0.0296. The lowest BCUT2D eigenvalue weighted by Gasteiger charge is -2.28. The van der Waals surface area contributed by atoms with Gasteiger partial charge < -0.3 is 29.7 Å². The van der Waals surface area contributed by atoms with Gasteiger partial charge in [0.15, 0.2) is 6.04 Å². The maximum Gasteiger partial charge on any atom is 0.328 e. The predicted molar refractivity (Wildman–Crippen MR) is 231 cm³/mol. The average molecular weight is 850 g/mol. The maximum atomic E-state index is 15.0. The molecule has 2 heterocycles. The van der Waals surface area contributed by atoms with E-state index < -0.39 is 35.7 Å². The van der Waals surface area contributed by atoms with E-state index in [1.807, 2.05) is 69.3 Å². The van der Waals surface area contributed by atoms with Crippen LogP contribution in [0.15, 0.2) is 114 Å².